The minimum absolute atomic E-state index is 0.0354. The van der Waals surface area contributed by atoms with E-state index in [2.05, 4.69) is 18.3 Å². The number of carbonyl (C=O) groups excluding carboxylic acids is 1. The number of hydrogen-bond donors (Lipinski definition) is 1. The van der Waals surface area contributed by atoms with Gasteiger partial charge in [0.25, 0.3) is 5.91 Å². The highest BCUT2D eigenvalue weighted by atomic mass is 16.5. The zero-order chi connectivity index (χ0) is 15.5. The van der Waals surface area contributed by atoms with Crippen LogP contribution in [0.25, 0.3) is 6.08 Å². The predicted octanol–water partition coefficient (Wildman–Crippen LogP) is 3.65. The van der Waals surface area contributed by atoms with Crippen molar-refractivity contribution in [3.63, 3.8) is 0 Å². The topological polar surface area (TPSA) is 38.3 Å². The van der Waals surface area contributed by atoms with Crippen molar-refractivity contribution in [3.05, 3.63) is 70.8 Å². The van der Waals surface area contributed by atoms with Gasteiger partial charge in [0.1, 0.15) is 12.4 Å². The maximum absolute atomic E-state index is 12.4. The standard InChI is InChI=1S/C19H19NO2/c1-13-7-3-5-9-17(13)14(2)20-19(21)16-11-15-8-4-6-10-18(15)22-12-16/h3-11,14H,12H2,1-2H3,(H,20,21). The van der Waals surface area contributed by atoms with E-state index in [1.54, 1.807) is 0 Å². The summed E-state index contributed by atoms with van der Waals surface area (Å²) in [7, 11) is 0. The molecule has 3 nitrogen and oxygen atoms in total. The number of hydrogen-bond acceptors (Lipinski definition) is 2. The Morgan fingerprint density at radius 1 is 1.14 bits per heavy atom. The highest BCUT2D eigenvalue weighted by molar-refractivity contribution is 5.99. The van der Waals surface area contributed by atoms with Crippen molar-refractivity contribution in [2.45, 2.75) is 19.9 Å². The van der Waals surface area contributed by atoms with Gasteiger partial charge >= 0.3 is 0 Å². The molecule has 0 saturated carbocycles. The summed E-state index contributed by atoms with van der Waals surface area (Å²) in [6.07, 6.45) is 1.90. The van der Waals surface area contributed by atoms with Crippen LogP contribution < -0.4 is 10.1 Å². The maximum Gasteiger partial charge on any atom is 0.251 e. The predicted molar refractivity (Wildman–Crippen MR) is 87.7 cm³/mol. The minimum Gasteiger partial charge on any atom is -0.488 e. The van der Waals surface area contributed by atoms with Gasteiger partial charge in [0.2, 0.25) is 0 Å². The molecule has 1 aliphatic heterocycles. The molecule has 0 spiro atoms. The van der Waals surface area contributed by atoms with E-state index in [1.807, 2.05) is 55.5 Å². The molecule has 22 heavy (non-hydrogen) atoms. The summed E-state index contributed by atoms with van der Waals surface area (Å²) in [6, 6.07) is 15.8. The zero-order valence-electron chi connectivity index (χ0n) is 12.8. The van der Waals surface area contributed by atoms with E-state index in [4.69, 9.17) is 4.74 Å². The van der Waals surface area contributed by atoms with Crippen LogP contribution in [0, 0.1) is 6.92 Å². The summed E-state index contributed by atoms with van der Waals surface area (Å²) in [6.45, 7) is 4.36. The van der Waals surface area contributed by atoms with Crippen LogP contribution in [-0.4, -0.2) is 12.5 Å². The number of carbonyl (C=O) groups is 1. The molecule has 3 rings (SSSR count). The number of rotatable bonds is 3. The molecule has 0 fully saturated rings. The lowest BCUT2D eigenvalue weighted by Crippen LogP contribution is -2.31. The SMILES string of the molecule is Cc1ccccc1C(C)NC(=O)C1=Cc2ccccc2OC1. The van der Waals surface area contributed by atoms with Crippen molar-refractivity contribution >= 4 is 12.0 Å². The fourth-order valence-electron chi connectivity index (χ4n) is 2.69. The first kappa shape index (κ1) is 14.4. The van der Waals surface area contributed by atoms with Crippen molar-refractivity contribution < 1.29 is 9.53 Å². The fraction of sp³-hybridized carbons (Fsp3) is 0.211. The monoisotopic (exact) mass is 293 g/mol. The molecule has 2 aromatic carbocycles. The summed E-state index contributed by atoms with van der Waals surface area (Å²) in [5.41, 5.74) is 3.91. The normalized spacial score (nSPS) is 14.4. The minimum atomic E-state index is -0.0785. The van der Waals surface area contributed by atoms with Gasteiger partial charge < -0.3 is 10.1 Å². The van der Waals surface area contributed by atoms with Gasteiger partial charge in [-0.05, 0) is 37.1 Å². The van der Waals surface area contributed by atoms with E-state index >= 15 is 0 Å². The first-order valence-corrected chi connectivity index (χ1v) is 7.44. The highest BCUT2D eigenvalue weighted by Gasteiger charge is 2.19. The molecule has 0 aliphatic carbocycles. The Morgan fingerprint density at radius 2 is 1.86 bits per heavy atom. The van der Waals surface area contributed by atoms with Gasteiger partial charge in [-0.1, -0.05) is 42.5 Å². The Hall–Kier alpha value is -2.55. The van der Waals surface area contributed by atoms with E-state index in [9.17, 15) is 4.79 Å². The maximum atomic E-state index is 12.4. The van der Waals surface area contributed by atoms with Crippen molar-refractivity contribution in [1.29, 1.82) is 0 Å². The number of aryl methyl sites for hydroxylation is 1. The molecule has 2 aromatic rings. The lowest BCUT2D eigenvalue weighted by molar-refractivity contribution is -0.118. The highest BCUT2D eigenvalue weighted by Crippen LogP contribution is 2.26. The molecule has 0 saturated heterocycles. The van der Waals surface area contributed by atoms with E-state index in [0.717, 1.165) is 16.9 Å². The molecule has 0 radical (unpaired) electrons. The zero-order valence-corrected chi connectivity index (χ0v) is 12.8. The number of benzene rings is 2. The van der Waals surface area contributed by atoms with Crippen molar-refractivity contribution in [2.24, 2.45) is 0 Å². The molecule has 3 heteroatoms. The molecule has 1 amide bonds. The van der Waals surface area contributed by atoms with E-state index in [0.29, 0.717) is 12.2 Å². The van der Waals surface area contributed by atoms with Crippen LogP contribution in [0.3, 0.4) is 0 Å². The summed E-state index contributed by atoms with van der Waals surface area (Å²) in [5, 5.41) is 3.05. The molecule has 1 N–H and O–H groups in total. The molecular formula is C19H19NO2. The van der Waals surface area contributed by atoms with Crippen LogP contribution in [0.2, 0.25) is 0 Å². The average Bonchev–Trinajstić information content (AvgIpc) is 2.54. The molecular weight excluding hydrogens is 274 g/mol. The van der Waals surface area contributed by atoms with Crippen LogP contribution in [0.5, 0.6) is 5.75 Å². The van der Waals surface area contributed by atoms with Gasteiger partial charge in [-0.25, -0.2) is 0 Å². The Morgan fingerprint density at radius 3 is 2.68 bits per heavy atom. The van der Waals surface area contributed by atoms with E-state index in [-0.39, 0.29) is 11.9 Å². The summed E-state index contributed by atoms with van der Waals surface area (Å²) < 4.78 is 5.64. The molecule has 1 atom stereocenters. The second-order valence-corrected chi connectivity index (χ2v) is 5.55. The van der Waals surface area contributed by atoms with E-state index in [1.165, 1.54) is 5.56 Å². The van der Waals surface area contributed by atoms with Gasteiger partial charge in [0.15, 0.2) is 0 Å². The van der Waals surface area contributed by atoms with Crippen LogP contribution in [0.15, 0.2) is 54.1 Å². The second-order valence-electron chi connectivity index (χ2n) is 5.55. The summed E-state index contributed by atoms with van der Waals surface area (Å²) in [5.74, 6) is 0.747. The number of fused-ring (bicyclic) bond motifs is 1. The summed E-state index contributed by atoms with van der Waals surface area (Å²) in [4.78, 5) is 12.4. The molecule has 1 unspecified atom stereocenters. The first-order valence-electron chi connectivity index (χ1n) is 7.44. The second kappa shape index (κ2) is 6.06. The first-order chi connectivity index (χ1) is 10.6. The molecule has 112 valence electrons. The number of para-hydroxylation sites is 1. The lowest BCUT2D eigenvalue weighted by Gasteiger charge is -2.20. The lowest BCUT2D eigenvalue weighted by atomic mass is 10.0. The largest absolute Gasteiger partial charge is 0.488 e. The Balaban J connectivity index is 1.76. The van der Waals surface area contributed by atoms with Crippen LogP contribution in [-0.2, 0) is 4.79 Å². The van der Waals surface area contributed by atoms with Gasteiger partial charge in [-0.2, -0.15) is 0 Å². The van der Waals surface area contributed by atoms with E-state index < -0.39 is 0 Å². The van der Waals surface area contributed by atoms with Crippen molar-refractivity contribution in [2.75, 3.05) is 6.61 Å². The van der Waals surface area contributed by atoms with Crippen molar-refractivity contribution in [1.82, 2.24) is 5.32 Å². The third-order valence-corrected chi connectivity index (χ3v) is 3.93. The number of nitrogens with one attached hydrogen (secondary N) is 1. The Bertz CT molecular complexity index is 734. The average molecular weight is 293 g/mol. The third-order valence-electron chi connectivity index (χ3n) is 3.93. The molecule has 0 aromatic heterocycles. The van der Waals surface area contributed by atoms with Crippen LogP contribution in [0.4, 0.5) is 0 Å². The smallest absolute Gasteiger partial charge is 0.251 e. The van der Waals surface area contributed by atoms with Crippen LogP contribution in [0.1, 0.15) is 29.7 Å². The Labute approximate surface area is 130 Å². The molecule has 1 heterocycles. The number of ether oxygens (including phenoxy) is 1. The van der Waals surface area contributed by atoms with Crippen LogP contribution >= 0.6 is 0 Å². The van der Waals surface area contributed by atoms with Gasteiger partial charge in [0, 0.05) is 5.56 Å². The third kappa shape index (κ3) is 2.89. The quantitative estimate of drug-likeness (QED) is 0.938. The van der Waals surface area contributed by atoms with Crippen molar-refractivity contribution in [3.8, 4) is 5.75 Å². The summed E-state index contributed by atoms with van der Waals surface area (Å²) >= 11 is 0. The fourth-order valence-corrected chi connectivity index (χ4v) is 2.69. The Kier molecular flexibility index (Phi) is 3.96. The van der Waals surface area contributed by atoms with Gasteiger partial charge in [0.05, 0.1) is 11.6 Å². The van der Waals surface area contributed by atoms with Gasteiger partial charge in [-0.3, -0.25) is 4.79 Å². The molecule has 0 bridgehead atoms. The number of amides is 1. The molecule has 1 aliphatic rings. The van der Waals surface area contributed by atoms with Gasteiger partial charge in [-0.15, -0.1) is 0 Å².